The number of carbonyl (C=O) groups excluding carboxylic acids is 2. The highest BCUT2D eigenvalue weighted by Crippen LogP contribution is 2.21. The number of carbonyl (C=O) groups is 2. The largest absolute Gasteiger partial charge is 0.508 e. The first-order valence-corrected chi connectivity index (χ1v) is 6.69. The molecule has 0 saturated carbocycles. The van der Waals surface area contributed by atoms with E-state index in [1.807, 2.05) is 13.8 Å². The van der Waals surface area contributed by atoms with E-state index in [4.69, 9.17) is 4.74 Å². The van der Waals surface area contributed by atoms with Crippen molar-refractivity contribution in [2.75, 3.05) is 7.11 Å². The first-order chi connectivity index (χ1) is 9.49. The Bertz CT molecular complexity index is 469. The lowest BCUT2D eigenvalue weighted by Crippen LogP contribution is -2.54. The van der Waals surface area contributed by atoms with Crippen molar-refractivity contribution in [2.45, 2.75) is 38.6 Å². The lowest BCUT2D eigenvalue weighted by atomic mass is 9.90. The molecule has 0 aromatic heterocycles. The molecular weight excluding hydrogens is 258 g/mol. The van der Waals surface area contributed by atoms with Gasteiger partial charge >= 0.3 is 5.97 Å². The molecule has 1 aromatic carbocycles. The number of amides is 1. The molecule has 5 nitrogen and oxygen atoms in total. The Balaban J connectivity index is 2.97. The van der Waals surface area contributed by atoms with Crippen LogP contribution in [0.3, 0.4) is 0 Å². The second kappa shape index (κ2) is 6.93. The first kappa shape index (κ1) is 16.0. The molecule has 0 aliphatic carbocycles. The lowest BCUT2D eigenvalue weighted by Gasteiger charge is -2.30. The number of aromatic hydroxyl groups is 1. The minimum Gasteiger partial charge on any atom is -0.508 e. The zero-order valence-corrected chi connectivity index (χ0v) is 12.1. The summed E-state index contributed by atoms with van der Waals surface area (Å²) in [7, 11) is 1.31. The smallest absolute Gasteiger partial charge is 0.331 e. The molecule has 0 aliphatic rings. The number of phenols is 1. The minimum absolute atomic E-state index is 0.0878. The highest BCUT2D eigenvalue weighted by Gasteiger charge is 2.38. The van der Waals surface area contributed by atoms with Gasteiger partial charge in [-0.1, -0.05) is 20.3 Å². The van der Waals surface area contributed by atoms with Crippen LogP contribution in [0.1, 0.15) is 43.5 Å². The number of nitrogens with one attached hydrogen (secondary N) is 1. The Morgan fingerprint density at radius 1 is 1.25 bits per heavy atom. The van der Waals surface area contributed by atoms with Gasteiger partial charge in [-0.3, -0.25) is 4.79 Å². The number of benzene rings is 1. The Kier molecular flexibility index (Phi) is 5.55. The van der Waals surface area contributed by atoms with Gasteiger partial charge in [-0.25, -0.2) is 4.79 Å². The van der Waals surface area contributed by atoms with Gasteiger partial charge in [0.25, 0.3) is 5.91 Å². The quantitative estimate of drug-likeness (QED) is 0.783. The highest BCUT2D eigenvalue weighted by atomic mass is 16.5. The van der Waals surface area contributed by atoms with Gasteiger partial charge in [0.2, 0.25) is 0 Å². The molecular formula is C15H21NO4. The third-order valence-electron chi connectivity index (χ3n) is 3.34. The van der Waals surface area contributed by atoms with Gasteiger partial charge in [-0.05, 0) is 37.1 Å². The second-order valence-electron chi connectivity index (χ2n) is 4.68. The maximum atomic E-state index is 12.2. The van der Waals surface area contributed by atoms with E-state index >= 15 is 0 Å². The number of phenolic OH excluding ortho intramolecular Hbond substituents is 1. The van der Waals surface area contributed by atoms with Crippen LogP contribution >= 0.6 is 0 Å². The summed E-state index contributed by atoms with van der Waals surface area (Å²) in [4.78, 5) is 24.2. The normalized spacial score (nSPS) is 13.3. The maximum absolute atomic E-state index is 12.2. The highest BCUT2D eigenvalue weighted by molar-refractivity contribution is 5.98. The molecule has 0 fully saturated rings. The summed E-state index contributed by atoms with van der Waals surface area (Å²) in [5, 5.41) is 12.0. The number of ether oxygens (including phenoxy) is 1. The molecule has 0 bridgehead atoms. The standard InChI is InChI=1S/C15H21NO4/c1-4-10-15(5-2,14(19)20-3)16-13(18)11-6-8-12(17)9-7-11/h6-9,17H,4-5,10H2,1-3H3,(H,16,18). The van der Waals surface area contributed by atoms with Crippen LogP contribution in [0.25, 0.3) is 0 Å². The number of rotatable bonds is 6. The Morgan fingerprint density at radius 2 is 1.85 bits per heavy atom. The second-order valence-corrected chi connectivity index (χ2v) is 4.68. The zero-order chi connectivity index (χ0) is 15.2. The summed E-state index contributed by atoms with van der Waals surface area (Å²) in [6.07, 6.45) is 1.72. The summed E-state index contributed by atoms with van der Waals surface area (Å²) >= 11 is 0. The van der Waals surface area contributed by atoms with E-state index in [0.29, 0.717) is 18.4 Å². The molecule has 2 N–H and O–H groups in total. The first-order valence-electron chi connectivity index (χ1n) is 6.69. The lowest BCUT2D eigenvalue weighted by molar-refractivity contribution is -0.148. The summed E-state index contributed by atoms with van der Waals surface area (Å²) < 4.78 is 4.82. The van der Waals surface area contributed by atoms with Gasteiger partial charge in [-0.15, -0.1) is 0 Å². The van der Waals surface area contributed by atoms with Crippen molar-refractivity contribution in [3.8, 4) is 5.75 Å². The van der Waals surface area contributed by atoms with Gasteiger partial charge < -0.3 is 15.2 Å². The van der Waals surface area contributed by atoms with Crippen molar-refractivity contribution in [1.29, 1.82) is 0 Å². The third kappa shape index (κ3) is 3.50. The van der Waals surface area contributed by atoms with E-state index in [1.165, 1.54) is 31.4 Å². The molecule has 5 heteroatoms. The van der Waals surface area contributed by atoms with Crippen LogP contribution < -0.4 is 5.32 Å². The molecule has 1 atom stereocenters. The van der Waals surface area contributed by atoms with E-state index in [9.17, 15) is 14.7 Å². The van der Waals surface area contributed by atoms with E-state index in [-0.39, 0.29) is 11.7 Å². The van der Waals surface area contributed by atoms with Crippen LogP contribution in [0.2, 0.25) is 0 Å². The fraction of sp³-hybridized carbons (Fsp3) is 0.467. The van der Waals surface area contributed by atoms with Gasteiger partial charge in [0.15, 0.2) is 0 Å². The molecule has 1 aromatic rings. The zero-order valence-electron chi connectivity index (χ0n) is 12.1. The van der Waals surface area contributed by atoms with Crippen LogP contribution in [0.15, 0.2) is 24.3 Å². The van der Waals surface area contributed by atoms with Gasteiger partial charge in [0.05, 0.1) is 7.11 Å². The Morgan fingerprint density at radius 3 is 2.30 bits per heavy atom. The summed E-state index contributed by atoms with van der Waals surface area (Å²) in [5.41, 5.74) is -0.612. The van der Waals surface area contributed by atoms with Crippen molar-refractivity contribution < 1.29 is 19.4 Å². The molecule has 1 amide bonds. The van der Waals surface area contributed by atoms with Gasteiger partial charge in [0.1, 0.15) is 11.3 Å². The predicted octanol–water partition coefficient (Wildman–Crippen LogP) is 2.24. The van der Waals surface area contributed by atoms with Crippen molar-refractivity contribution in [3.05, 3.63) is 29.8 Å². The average Bonchev–Trinajstić information content (AvgIpc) is 2.46. The molecule has 110 valence electrons. The molecule has 0 spiro atoms. The van der Waals surface area contributed by atoms with Crippen LogP contribution in [0, 0.1) is 0 Å². The summed E-state index contributed by atoms with van der Waals surface area (Å²) in [5.74, 6) is -0.704. The van der Waals surface area contributed by atoms with Crippen molar-refractivity contribution >= 4 is 11.9 Å². The van der Waals surface area contributed by atoms with E-state index in [0.717, 1.165) is 6.42 Å². The molecule has 1 unspecified atom stereocenters. The average molecular weight is 279 g/mol. The van der Waals surface area contributed by atoms with Crippen LogP contribution in [-0.2, 0) is 9.53 Å². The van der Waals surface area contributed by atoms with Gasteiger partial charge in [-0.2, -0.15) is 0 Å². The molecule has 0 heterocycles. The summed E-state index contributed by atoms with van der Waals surface area (Å²) in [6, 6.07) is 5.88. The van der Waals surface area contributed by atoms with E-state index in [1.54, 1.807) is 0 Å². The van der Waals surface area contributed by atoms with Crippen molar-refractivity contribution in [2.24, 2.45) is 0 Å². The fourth-order valence-corrected chi connectivity index (χ4v) is 2.15. The van der Waals surface area contributed by atoms with Crippen LogP contribution in [-0.4, -0.2) is 29.6 Å². The van der Waals surface area contributed by atoms with E-state index in [2.05, 4.69) is 5.32 Å². The van der Waals surface area contributed by atoms with E-state index < -0.39 is 11.5 Å². The predicted molar refractivity (Wildman–Crippen MR) is 75.5 cm³/mol. The topological polar surface area (TPSA) is 75.6 Å². The Labute approximate surface area is 118 Å². The molecule has 0 aliphatic heterocycles. The number of esters is 1. The SMILES string of the molecule is CCCC(CC)(NC(=O)c1ccc(O)cc1)C(=O)OC. The molecule has 1 rings (SSSR count). The monoisotopic (exact) mass is 279 g/mol. The summed E-state index contributed by atoms with van der Waals surface area (Å²) in [6.45, 7) is 3.78. The maximum Gasteiger partial charge on any atom is 0.331 e. The van der Waals surface area contributed by atoms with Gasteiger partial charge in [0, 0.05) is 5.56 Å². The van der Waals surface area contributed by atoms with Crippen LogP contribution in [0.4, 0.5) is 0 Å². The third-order valence-corrected chi connectivity index (χ3v) is 3.34. The molecule has 0 radical (unpaired) electrons. The van der Waals surface area contributed by atoms with Crippen molar-refractivity contribution in [3.63, 3.8) is 0 Å². The minimum atomic E-state index is -1.00. The number of methoxy groups -OCH3 is 1. The van der Waals surface area contributed by atoms with Crippen molar-refractivity contribution in [1.82, 2.24) is 5.32 Å². The number of hydrogen-bond acceptors (Lipinski definition) is 4. The number of hydrogen-bond donors (Lipinski definition) is 2. The molecule has 0 saturated heterocycles. The fourth-order valence-electron chi connectivity index (χ4n) is 2.15. The Hall–Kier alpha value is -2.04. The van der Waals surface area contributed by atoms with Crippen LogP contribution in [0.5, 0.6) is 5.75 Å². The molecule has 20 heavy (non-hydrogen) atoms.